The van der Waals surface area contributed by atoms with Gasteiger partial charge in [-0.1, -0.05) is 12.1 Å². The van der Waals surface area contributed by atoms with Crippen molar-refractivity contribution in [3.63, 3.8) is 0 Å². The van der Waals surface area contributed by atoms with Gasteiger partial charge in [0.15, 0.2) is 5.82 Å². The predicted octanol–water partition coefficient (Wildman–Crippen LogP) is 3.67. The van der Waals surface area contributed by atoms with Gasteiger partial charge in [-0.25, -0.2) is 19.9 Å². The Labute approximate surface area is 202 Å². The molecule has 4 N–H and O–H groups in total. The first-order chi connectivity index (χ1) is 17.1. The molecule has 1 amide bonds. The van der Waals surface area contributed by atoms with Crippen molar-refractivity contribution in [3.05, 3.63) is 72.7 Å². The summed E-state index contributed by atoms with van der Waals surface area (Å²) in [6.07, 6.45) is 3.85. The molecule has 4 heterocycles. The summed E-state index contributed by atoms with van der Waals surface area (Å²) in [5.41, 5.74) is 3.09. The third-order valence-corrected chi connectivity index (χ3v) is 5.43. The molecule has 0 spiro atoms. The number of carbonyl (C=O) groups excluding carboxylic acids is 1. The molecule has 0 bridgehead atoms. The molecule has 1 aliphatic heterocycles. The van der Waals surface area contributed by atoms with E-state index in [0.29, 0.717) is 41.4 Å². The van der Waals surface area contributed by atoms with Crippen LogP contribution in [0.1, 0.15) is 12.1 Å². The molecule has 0 atom stereocenters. The van der Waals surface area contributed by atoms with Crippen LogP contribution in [0, 0.1) is 12.8 Å². The highest BCUT2D eigenvalue weighted by Crippen LogP contribution is 2.21. The number of benzene rings is 1. The Hall–Kier alpha value is -4.44. The van der Waals surface area contributed by atoms with E-state index < -0.39 is 0 Å². The lowest BCUT2D eigenvalue weighted by Gasteiger charge is -2.26. The Morgan fingerprint density at radius 1 is 0.914 bits per heavy atom. The van der Waals surface area contributed by atoms with Crippen LogP contribution in [0.2, 0.25) is 0 Å². The minimum Gasteiger partial charge on any atom is -0.326 e. The standard InChI is InChI=1S/C25H25N9O/c1-16-4-2-7-20(29-16)24-27-10-8-21(33-24)32-22-9-11-28-25(34-22)31-19-6-3-5-18(13-19)30-23(35)12-17-14-26-15-17/h2-11,13,17,26H,12,14-15H2,1H3,(H,30,35)(H2,27,28,31,32,33,34). The fraction of sp³-hybridized carbons (Fsp3) is 0.200. The first-order valence-electron chi connectivity index (χ1n) is 11.4. The van der Waals surface area contributed by atoms with Crippen LogP contribution in [0.15, 0.2) is 67.0 Å². The number of carbonyl (C=O) groups is 1. The largest absolute Gasteiger partial charge is 0.326 e. The van der Waals surface area contributed by atoms with Crippen molar-refractivity contribution in [1.29, 1.82) is 0 Å². The topological polar surface area (TPSA) is 130 Å². The number of nitrogens with zero attached hydrogens (tertiary/aromatic N) is 5. The maximum absolute atomic E-state index is 12.2. The average Bonchev–Trinajstić information content (AvgIpc) is 2.82. The second-order valence-corrected chi connectivity index (χ2v) is 8.30. The van der Waals surface area contributed by atoms with Crippen molar-refractivity contribution in [2.24, 2.45) is 5.92 Å². The van der Waals surface area contributed by atoms with E-state index in [2.05, 4.69) is 46.2 Å². The highest BCUT2D eigenvalue weighted by atomic mass is 16.1. The van der Waals surface area contributed by atoms with E-state index in [1.807, 2.05) is 49.4 Å². The van der Waals surface area contributed by atoms with Gasteiger partial charge in [-0.05, 0) is 68.4 Å². The molecule has 1 aromatic carbocycles. The van der Waals surface area contributed by atoms with E-state index in [1.165, 1.54) is 0 Å². The normalized spacial score (nSPS) is 13.1. The second-order valence-electron chi connectivity index (χ2n) is 8.30. The molecule has 0 radical (unpaired) electrons. The monoisotopic (exact) mass is 467 g/mol. The zero-order valence-electron chi connectivity index (χ0n) is 19.2. The highest BCUT2D eigenvalue weighted by Gasteiger charge is 2.20. The number of amides is 1. The first-order valence-corrected chi connectivity index (χ1v) is 11.4. The quantitative estimate of drug-likeness (QED) is 0.307. The second kappa shape index (κ2) is 10.2. The van der Waals surface area contributed by atoms with Crippen LogP contribution >= 0.6 is 0 Å². The SMILES string of the molecule is Cc1cccc(-c2nccc(Nc3ccnc(Nc4cccc(NC(=O)CC5CNC5)c4)n3)n2)n1. The van der Waals surface area contributed by atoms with Crippen molar-refractivity contribution in [1.82, 2.24) is 30.2 Å². The number of hydrogen-bond acceptors (Lipinski definition) is 9. The number of pyridine rings is 1. The molecule has 3 aromatic heterocycles. The minimum atomic E-state index is 0.0150. The van der Waals surface area contributed by atoms with Crippen LogP contribution in [0.4, 0.5) is 29.0 Å². The van der Waals surface area contributed by atoms with Gasteiger partial charge in [0.2, 0.25) is 11.9 Å². The molecule has 0 unspecified atom stereocenters. The molecular weight excluding hydrogens is 442 g/mol. The van der Waals surface area contributed by atoms with Crippen LogP contribution in [0.3, 0.4) is 0 Å². The maximum Gasteiger partial charge on any atom is 0.229 e. The van der Waals surface area contributed by atoms with Crippen LogP contribution in [0.5, 0.6) is 0 Å². The molecule has 1 saturated heterocycles. The summed E-state index contributed by atoms with van der Waals surface area (Å²) in [7, 11) is 0. The van der Waals surface area contributed by atoms with Crippen LogP contribution in [-0.4, -0.2) is 43.9 Å². The summed E-state index contributed by atoms with van der Waals surface area (Å²) in [6.45, 7) is 3.73. The van der Waals surface area contributed by atoms with Gasteiger partial charge in [0.05, 0.1) is 0 Å². The number of nitrogens with one attached hydrogen (secondary N) is 4. The minimum absolute atomic E-state index is 0.0150. The Bertz CT molecular complexity index is 1340. The third-order valence-electron chi connectivity index (χ3n) is 5.43. The number of anilines is 5. The Balaban J connectivity index is 1.25. The fourth-order valence-electron chi connectivity index (χ4n) is 3.61. The maximum atomic E-state index is 12.2. The summed E-state index contributed by atoms with van der Waals surface area (Å²) >= 11 is 0. The Kier molecular flexibility index (Phi) is 6.53. The molecule has 10 nitrogen and oxygen atoms in total. The van der Waals surface area contributed by atoms with Gasteiger partial charge < -0.3 is 21.3 Å². The summed E-state index contributed by atoms with van der Waals surface area (Å²) in [5.74, 6) is 2.53. The lowest BCUT2D eigenvalue weighted by atomic mass is 9.99. The molecule has 0 saturated carbocycles. The van der Waals surface area contributed by atoms with Crippen molar-refractivity contribution in [2.45, 2.75) is 13.3 Å². The average molecular weight is 468 g/mol. The number of rotatable bonds is 8. The van der Waals surface area contributed by atoms with Gasteiger partial charge in [0, 0.05) is 35.9 Å². The summed E-state index contributed by atoms with van der Waals surface area (Å²) < 4.78 is 0. The molecule has 4 aromatic rings. The smallest absolute Gasteiger partial charge is 0.229 e. The van der Waals surface area contributed by atoms with Gasteiger partial charge in [-0.2, -0.15) is 4.98 Å². The summed E-state index contributed by atoms with van der Waals surface area (Å²) in [4.78, 5) is 34.4. The number of aryl methyl sites for hydroxylation is 1. The van der Waals surface area contributed by atoms with E-state index >= 15 is 0 Å². The van der Waals surface area contributed by atoms with Gasteiger partial charge in [0.1, 0.15) is 17.3 Å². The molecular formula is C25H25N9O. The van der Waals surface area contributed by atoms with E-state index in [1.54, 1.807) is 24.5 Å². The van der Waals surface area contributed by atoms with Gasteiger partial charge in [0.25, 0.3) is 0 Å². The van der Waals surface area contributed by atoms with E-state index in [0.717, 1.165) is 30.2 Å². The van der Waals surface area contributed by atoms with E-state index in [9.17, 15) is 4.79 Å². The molecule has 1 aliphatic rings. The van der Waals surface area contributed by atoms with Crippen LogP contribution in [0.25, 0.3) is 11.5 Å². The molecule has 5 rings (SSSR count). The number of aromatic nitrogens is 5. The zero-order valence-corrected chi connectivity index (χ0v) is 19.2. The molecule has 35 heavy (non-hydrogen) atoms. The van der Waals surface area contributed by atoms with E-state index in [4.69, 9.17) is 0 Å². The van der Waals surface area contributed by atoms with Crippen LogP contribution < -0.4 is 21.3 Å². The lowest BCUT2D eigenvalue weighted by Crippen LogP contribution is -2.43. The molecule has 176 valence electrons. The van der Waals surface area contributed by atoms with Crippen molar-refractivity contribution >= 4 is 34.9 Å². The molecule has 0 aliphatic carbocycles. The fourth-order valence-corrected chi connectivity index (χ4v) is 3.61. The Morgan fingerprint density at radius 3 is 2.49 bits per heavy atom. The predicted molar refractivity (Wildman–Crippen MR) is 135 cm³/mol. The summed E-state index contributed by atoms with van der Waals surface area (Å²) in [5, 5.41) is 12.5. The zero-order chi connectivity index (χ0) is 24.0. The Morgan fingerprint density at radius 2 is 1.69 bits per heavy atom. The van der Waals surface area contributed by atoms with Gasteiger partial charge >= 0.3 is 0 Å². The van der Waals surface area contributed by atoms with Crippen molar-refractivity contribution in [3.8, 4) is 11.5 Å². The third kappa shape index (κ3) is 5.92. The molecule has 1 fully saturated rings. The first kappa shape index (κ1) is 22.4. The summed E-state index contributed by atoms with van der Waals surface area (Å²) in [6, 6.07) is 16.7. The molecule has 10 heteroatoms. The van der Waals surface area contributed by atoms with Crippen molar-refractivity contribution < 1.29 is 4.79 Å². The van der Waals surface area contributed by atoms with Crippen molar-refractivity contribution in [2.75, 3.05) is 29.0 Å². The van der Waals surface area contributed by atoms with Crippen LogP contribution in [-0.2, 0) is 4.79 Å². The number of hydrogen-bond donors (Lipinski definition) is 4. The van der Waals surface area contributed by atoms with Gasteiger partial charge in [-0.3, -0.25) is 4.79 Å². The van der Waals surface area contributed by atoms with Gasteiger partial charge in [-0.15, -0.1) is 0 Å². The highest BCUT2D eigenvalue weighted by molar-refractivity contribution is 5.91. The lowest BCUT2D eigenvalue weighted by molar-refractivity contribution is -0.117. The van der Waals surface area contributed by atoms with E-state index in [-0.39, 0.29) is 5.91 Å².